The summed E-state index contributed by atoms with van der Waals surface area (Å²) in [5.74, 6) is 0.0259. The molecule has 0 radical (unpaired) electrons. The second-order valence-corrected chi connectivity index (χ2v) is 4.08. The van der Waals surface area contributed by atoms with Gasteiger partial charge in [0, 0.05) is 13.6 Å². The van der Waals surface area contributed by atoms with Gasteiger partial charge in [-0.05, 0) is 6.92 Å². The number of aryl methyl sites for hydroxylation is 1. The first kappa shape index (κ1) is 11.5. The fourth-order valence-corrected chi connectivity index (χ4v) is 1.81. The molecular weight excluding hydrogens is 242 g/mol. The van der Waals surface area contributed by atoms with E-state index in [1.165, 1.54) is 22.3 Å². The van der Waals surface area contributed by atoms with Gasteiger partial charge < -0.3 is 5.32 Å². The molecule has 0 unspecified atom stereocenters. The van der Waals surface area contributed by atoms with Crippen molar-refractivity contribution in [1.82, 2.24) is 25.0 Å². The van der Waals surface area contributed by atoms with E-state index >= 15 is 0 Å². The second kappa shape index (κ2) is 4.87. The molecule has 0 aromatic carbocycles. The van der Waals surface area contributed by atoms with E-state index in [0.29, 0.717) is 11.1 Å². The number of hydrogen-bond acceptors (Lipinski definition) is 7. The molecule has 0 atom stereocenters. The summed E-state index contributed by atoms with van der Waals surface area (Å²) in [7, 11) is 1.69. The molecule has 2 aromatic heterocycles. The molecule has 1 amide bonds. The lowest BCUT2D eigenvalue weighted by Crippen LogP contribution is -2.15. The highest BCUT2D eigenvalue weighted by atomic mass is 32.1. The summed E-state index contributed by atoms with van der Waals surface area (Å²) in [5, 5.41) is 17.9. The van der Waals surface area contributed by atoms with Crippen LogP contribution in [-0.2, 0) is 7.05 Å². The first-order valence-corrected chi connectivity index (χ1v) is 5.75. The van der Waals surface area contributed by atoms with Crippen LogP contribution in [0.3, 0.4) is 0 Å². The van der Waals surface area contributed by atoms with E-state index < -0.39 is 0 Å². The Bertz CT molecular complexity index is 519. The number of amides is 1. The van der Waals surface area contributed by atoms with Crippen molar-refractivity contribution >= 4 is 28.3 Å². The van der Waals surface area contributed by atoms with E-state index in [1.807, 2.05) is 6.92 Å². The van der Waals surface area contributed by atoms with Crippen molar-refractivity contribution < 1.29 is 4.79 Å². The molecule has 90 valence electrons. The molecule has 0 aliphatic heterocycles. The van der Waals surface area contributed by atoms with Crippen LogP contribution < -0.4 is 10.6 Å². The van der Waals surface area contributed by atoms with Crippen LogP contribution in [0.25, 0.3) is 0 Å². The van der Waals surface area contributed by atoms with Gasteiger partial charge in [0.15, 0.2) is 0 Å². The number of aromatic nitrogens is 5. The van der Waals surface area contributed by atoms with Gasteiger partial charge in [0.2, 0.25) is 16.1 Å². The summed E-state index contributed by atoms with van der Waals surface area (Å²) in [4.78, 5) is 15.7. The highest BCUT2D eigenvalue weighted by Crippen LogP contribution is 2.15. The van der Waals surface area contributed by atoms with Gasteiger partial charge in [0.1, 0.15) is 6.33 Å². The minimum Gasteiger partial charge on any atom is -0.360 e. The number of carbonyl (C=O) groups excluding carboxylic acids is 1. The minimum atomic E-state index is -0.345. The SMILES string of the molecule is CCNc1nnc(C(=O)Nc2ncnn2C)s1. The van der Waals surface area contributed by atoms with Crippen LogP contribution in [0.2, 0.25) is 0 Å². The maximum absolute atomic E-state index is 11.8. The molecule has 0 bridgehead atoms. The van der Waals surface area contributed by atoms with Crippen LogP contribution in [0.1, 0.15) is 16.7 Å². The fraction of sp³-hybridized carbons (Fsp3) is 0.375. The van der Waals surface area contributed by atoms with Crippen molar-refractivity contribution in [3.8, 4) is 0 Å². The first-order valence-electron chi connectivity index (χ1n) is 4.93. The molecule has 0 fully saturated rings. The van der Waals surface area contributed by atoms with E-state index in [0.717, 1.165) is 6.54 Å². The first-order chi connectivity index (χ1) is 8.20. The minimum absolute atomic E-state index is 0.281. The third-order valence-electron chi connectivity index (χ3n) is 1.88. The smallest absolute Gasteiger partial charge is 0.289 e. The van der Waals surface area contributed by atoms with Gasteiger partial charge in [0.25, 0.3) is 5.91 Å². The fourth-order valence-electron chi connectivity index (χ4n) is 1.10. The van der Waals surface area contributed by atoms with Gasteiger partial charge in [0.05, 0.1) is 0 Å². The Labute approximate surface area is 101 Å². The Balaban J connectivity index is 2.07. The second-order valence-electron chi connectivity index (χ2n) is 3.10. The van der Waals surface area contributed by atoms with Crippen LogP contribution in [0, 0.1) is 0 Å². The zero-order chi connectivity index (χ0) is 12.3. The van der Waals surface area contributed by atoms with E-state index in [4.69, 9.17) is 0 Å². The van der Waals surface area contributed by atoms with Crippen molar-refractivity contribution in [2.24, 2.45) is 7.05 Å². The lowest BCUT2D eigenvalue weighted by atomic mass is 10.6. The molecule has 2 aromatic rings. The normalized spacial score (nSPS) is 10.2. The summed E-state index contributed by atoms with van der Waals surface area (Å²) >= 11 is 1.19. The summed E-state index contributed by atoms with van der Waals surface area (Å²) < 4.78 is 1.46. The number of hydrogen-bond donors (Lipinski definition) is 2. The van der Waals surface area contributed by atoms with Crippen LogP contribution >= 0.6 is 11.3 Å². The average Bonchev–Trinajstić information content (AvgIpc) is 2.90. The number of rotatable bonds is 4. The number of anilines is 2. The maximum Gasteiger partial charge on any atom is 0.289 e. The lowest BCUT2D eigenvalue weighted by molar-refractivity contribution is 0.102. The summed E-state index contributed by atoms with van der Waals surface area (Å²) in [6.45, 7) is 2.68. The Morgan fingerprint density at radius 2 is 2.35 bits per heavy atom. The molecule has 8 nitrogen and oxygen atoms in total. The van der Waals surface area contributed by atoms with Gasteiger partial charge in [-0.15, -0.1) is 10.2 Å². The van der Waals surface area contributed by atoms with Crippen molar-refractivity contribution in [3.63, 3.8) is 0 Å². The molecule has 2 N–H and O–H groups in total. The Kier molecular flexibility index (Phi) is 3.28. The molecule has 0 saturated heterocycles. The highest BCUT2D eigenvalue weighted by molar-refractivity contribution is 7.17. The molecule has 0 aliphatic rings. The van der Waals surface area contributed by atoms with Crippen molar-refractivity contribution in [3.05, 3.63) is 11.3 Å². The average molecular weight is 253 g/mol. The number of carbonyl (C=O) groups is 1. The number of nitrogens with zero attached hydrogens (tertiary/aromatic N) is 5. The van der Waals surface area contributed by atoms with Crippen molar-refractivity contribution in [2.75, 3.05) is 17.2 Å². The van der Waals surface area contributed by atoms with Gasteiger partial charge in [-0.1, -0.05) is 11.3 Å². The zero-order valence-corrected chi connectivity index (χ0v) is 10.2. The molecule has 0 saturated carbocycles. The number of nitrogens with one attached hydrogen (secondary N) is 2. The van der Waals surface area contributed by atoms with Crippen molar-refractivity contribution in [2.45, 2.75) is 6.92 Å². The molecule has 2 heterocycles. The molecule has 2 rings (SSSR count). The third kappa shape index (κ3) is 2.56. The Morgan fingerprint density at radius 1 is 1.53 bits per heavy atom. The largest absolute Gasteiger partial charge is 0.360 e. The van der Waals surface area contributed by atoms with Gasteiger partial charge in [-0.2, -0.15) is 10.1 Å². The van der Waals surface area contributed by atoms with E-state index in [1.54, 1.807) is 7.05 Å². The quantitative estimate of drug-likeness (QED) is 0.816. The van der Waals surface area contributed by atoms with E-state index in [9.17, 15) is 4.79 Å². The van der Waals surface area contributed by atoms with Crippen LogP contribution in [-0.4, -0.2) is 37.4 Å². The standard InChI is InChI=1S/C8H11N7OS/c1-3-9-8-14-13-6(17-8)5(16)12-7-10-4-11-15(7)2/h4H,3H2,1-2H3,(H,9,14)(H,10,11,12,16). The Morgan fingerprint density at radius 3 is 3.00 bits per heavy atom. The lowest BCUT2D eigenvalue weighted by Gasteiger charge is -1.99. The molecule has 17 heavy (non-hydrogen) atoms. The summed E-state index contributed by atoms with van der Waals surface area (Å²) in [5.41, 5.74) is 0. The summed E-state index contributed by atoms with van der Waals surface area (Å²) in [6.07, 6.45) is 1.36. The predicted molar refractivity (Wildman–Crippen MR) is 63.0 cm³/mol. The van der Waals surface area contributed by atoms with Gasteiger partial charge >= 0.3 is 0 Å². The van der Waals surface area contributed by atoms with Crippen LogP contribution in [0.5, 0.6) is 0 Å². The molecule has 0 aliphatic carbocycles. The van der Waals surface area contributed by atoms with Gasteiger partial charge in [-0.3, -0.25) is 10.1 Å². The predicted octanol–water partition coefficient (Wildman–Crippen LogP) is 0.351. The van der Waals surface area contributed by atoms with Crippen LogP contribution in [0.4, 0.5) is 11.1 Å². The zero-order valence-electron chi connectivity index (χ0n) is 9.34. The Hall–Kier alpha value is -2.03. The highest BCUT2D eigenvalue weighted by Gasteiger charge is 2.14. The van der Waals surface area contributed by atoms with E-state index in [-0.39, 0.29) is 10.9 Å². The monoisotopic (exact) mass is 253 g/mol. The van der Waals surface area contributed by atoms with E-state index in [2.05, 4.69) is 30.9 Å². The van der Waals surface area contributed by atoms with Crippen molar-refractivity contribution in [1.29, 1.82) is 0 Å². The molecular formula is C8H11N7OS. The van der Waals surface area contributed by atoms with Crippen LogP contribution in [0.15, 0.2) is 6.33 Å². The topological polar surface area (TPSA) is 97.6 Å². The maximum atomic E-state index is 11.8. The third-order valence-corrected chi connectivity index (χ3v) is 2.76. The molecule has 9 heteroatoms. The summed E-state index contributed by atoms with van der Waals surface area (Å²) in [6, 6.07) is 0. The van der Waals surface area contributed by atoms with Gasteiger partial charge in [-0.25, -0.2) is 4.68 Å². The molecule has 0 spiro atoms.